The van der Waals surface area contributed by atoms with Crippen molar-refractivity contribution < 1.29 is 33.1 Å². The fourth-order valence-corrected chi connectivity index (χ4v) is 2.33. The van der Waals surface area contributed by atoms with Crippen molar-refractivity contribution in [2.24, 2.45) is 0 Å². The molecular formula is C19H19FN2O7. The quantitative estimate of drug-likeness (QED) is 0.406. The minimum absolute atomic E-state index is 0.00548. The van der Waals surface area contributed by atoms with E-state index >= 15 is 0 Å². The van der Waals surface area contributed by atoms with Crippen LogP contribution in [0.1, 0.15) is 24.2 Å². The van der Waals surface area contributed by atoms with Crippen LogP contribution in [0, 0.1) is 15.9 Å². The van der Waals surface area contributed by atoms with Gasteiger partial charge in [0.15, 0.2) is 17.6 Å². The van der Waals surface area contributed by atoms with Gasteiger partial charge in [0.2, 0.25) is 5.82 Å². The van der Waals surface area contributed by atoms with Crippen molar-refractivity contribution in [2.45, 2.75) is 20.0 Å². The number of nitro benzene ring substituents is 1. The van der Waals surface area contributed by atoms with E-state index in [1.165, 1.54) is 32.2 Å². The number of hydrogen-bond donors (Lipinski definition) is 1. The molecule has 154 valence electrons. The van der Waals surface area contributed by atoms with E-state index in [0.717, 1.165) is 18.2 Å². The summed E-state index contributed by atoms with van der Waals surface area (Å²) in [6.07, 6.45) is -1.22. The zero-order valence-electron chi connectivity index (χ0n) is 15.9. The normalized spacial score (nSPS) is 11.3. The molecule has 0 bridgehead atoms. The average Bonchev–Trinajstić information content (AvgIpc) is 2.69. The highest BCUT2D eigenvalue weighted by Gasteiger charge is 2.22. The number of nitro groups is 1. The van der Waals surface area contributed by atoms with E-state index in [2.05, 4.69) is 5.32 Å². The van der Waals surface area contributed by atoms with Crippen molar-refractivity contribution in [3.63, 3.8) is 0 Å². The summed E-state index contributed by atoms with van der Waals surface area (Å²) in [6, 6.07) is 7.31. The van der Waals surface area contributed by atoms with Crippen LogP contribution in [0.3, 0.4) is 0 Å². The second-order valence-electron chi connectivity index (χ2n) is 5.76. The van der Waals surface area contributed by atoms with Gasteiger partial charge in [0.05, 0.1) is 24.2 Å². The largest absolute Gasteiger partial charge is 0.493 e. The molecule has 0 radical (unpaired) electrons. The Morgan fingerprint density at radius 1 is 1.21 bits per heavy atom. The Hall–Kier alpha value is -3.69. The number of carbonyl (C=O) groups excluding carboxylic acids is 2. The lowest BCUT2D eigenvalue weighted by Gasteiger charge is -2.15. The fourth-order valence-electron chi connectivity index (χ4n) is 2.33. The van der Waals surface area contributed by atoms with Gasteiger partial charge in [0.1, 0.15) is 0 Å². The van der Waals surface area contributed by atoms with Crippen LogP contribution in [0.15, 0.2) is 36.4 Å². The summed E-state index contributed by atoms with van der Waals surface area (Å²) in [6.45, 7) is 3.46. The molecule has 1 atom stereocenters. The standard InChI is InChI=1S/C19H19FN2O7/c1-4-28-17-9-12(5-8-16(17)27-3)19(24)29-11(2)18(23)21-13-6-7-14(20)15(10-13)22(25)26/h5-11H,4H2,1-3H3,(H,21,23)/t11-/m1/s1. The molecule has 0 heterocycles. The van der Waals surface area contributed by atoms with Crippen LogP contribution in [0.5, 0.6) is 11.5 Å². The first-order valence-corrected chi connectivity index (χ1v) is 8.53. The number of amides is 1. The smallest absolute Gasteiger partial charge is 0.339 e. The fraction of sp³-hybridized carbons (Fsp3) is 0.263. The number of hydrogen-bond acceptors (Lipinski definition) is 7. The van der Waals surface area contributed by atoms with Crippen LogP contribution in [-0.2, 0) is 9.53 Å². The monoisotopic (exact) mass is 406 g/mol. The van der Waals surface area contributed by atoms with Crippen molar-refractivity contribution in [3.8, 4) is 11.5 Å². The molecule has 2 aromatic carbocycles. The highest BCUT2D eigenvalue weighted by atomic mass is 19.1. The van der Waals surface area contributed by atoms with Crippen LogP contribution < -0.4 is 14.8 Å². The van der Waals surface area contributed by atoms with Crippen molar-refractivity contribution in [1.29, 1.82) is 0 Å². The highest BCUT2D eigenvalue weighted by molar-refractivity contribution is 5.97. The van der Waals surface area contributed by atoms with Gasteiger partial charge in [-0.25, -0.2) is 4.79 Å². The van der Waals surface area contributed by atoms with E-state index < -0.39 is 34.4 Å². The zero-order valence-corrected chi connectivity index (χ0v) is 15.9. The number of anilines is 1. The maximum Gasteiger partial charge on any atom is 0.339 e. The Morgan fingerprint density at radius 3 is 2.55 bits per heavy atom. The number of esters is 1. The second-order valence-corrected chi connectivity index (χ2v) is 5.76. The minimum atomic E-state index is -1.22. The number of benzene rings is 2. The van der Waals surface area contributed by atoms with Gasteiger partial charge in [-0.15, -0.1) is 0 Å². The molecule has 10 heteroatoms. The van der Waals surface area contributed by atoms with Crippen LogP contribution in [-0.4, -0.2) is 36.6 Å². The Bertz CT molecular complexity index is 933. The SMILES string of the molecule is CCOc1cc(C(=O)O[C@H](C)C(=O)Nc2ccc(F)c([N+](=O)[O-])c2)ccc1OC. The van der Waals surface area contributed by atoms with Gasteiger partial charge in [-0.3, -0.25) is 14.9 Å². The zero-order chi connectivity index (χ0) is 21.6. The maximum atomic E-state index is 13.4. The number of rotatable bonds is 8. The van der Waals surface area contributed by atoms with Crippen molar-refractivity contribution >= 4 is 23.3 Å². The molecule has 1 N–H and O–H groups in total. The van der Waals surface area contributed by atoms with Crippen LogP contribution in [0.25, 0.3) is 0 Å². The van der Waals surface area contributed by atoms with E-state index in [1.807, 2.05) is 0 Å². The third-order valence-electron chi connectivity index (χ3n) is 3.76. The molecule has 0 spiro atoms. The molecule has 9 nitrogen and oxygen atoms in total. The summed E-state index contributed by atoms with van der Waals surface area (Å²) >= 11 is 0. The lowest BCUT2D eigenvalue weighted by molar-refractivity contribution is -0.387. The third kappa shape index (κ3) is 5.41. The number of ether oxygens (including phenoxy) is 3. The predicted molar refractivity (Wildman–Crippen MR) is 101 cm³/mol. The maximum absolute atomic E-state index is 13.4. The van der Waals surface area contributed by atoms with E-state index in [0.29, 0.717) is 18.1 Å². The molecule has 0 aliphatic carbocycles. The molecule has 0 unspecified atom stereocenters. The van der Waals surface area contributed by atoms with Crippen molar-refractivity contribution in [1.82, 2.24) is 0 Å². The van der Waals surface area contributed by atoms with E-state index in [1.54, 1.807) is 6.92 Å². The molecule has 0 aliphatic rings. The third-order valence-corrected chi connectivity index (χ3v) is 3.76. The van der Waals surface area contributed by atoms with E-state index in [-0.39, 0.29) is 11.3 Å². The van der Waals surface area contributed by atoms with Crippen LogP contribution in [0.4, 0.5) is 15.8 Å². The minimum Gasteiger partial charge on any atom is -0.493 e. The molecule has 2 rings (SSSR count). The molecule has 0 aromatic heterocycles. The predicted octanol–water partition coefficient (Wildman–Crippen LogP) is 3.33. The number of nitrogens with one attached hydrogen (secondary N) is 1. The Labute approximate surface area is 165 Å². The Morgan fingerprint density at radius 2 is 1.93 bits per heavy atom. The summed E-state index contributed by atoms with van der Waals surface area (Å²) in [7, 11) is 1.46. The average molecular weight is 406 g/mol. The molecule has 2 aromatic rings. The molecule has 0 aliphatic heterocycles. The van der Waals surface area contributed by atoms with Crippen LogP contribution in [0.2, 0.25) is 0 Å². The molecule has 0 saturated carbocycles. The van der Waals surface area contributed by atoms with Gasteiger partial charge in [-0.2, -0.15) is 4.39 Å². The Kier molecular flexibility index (Phi) is 7.07. The van der Waals surface area contributed by atoms with Gasteiger partial charge in [-0.05, 0) is 44.2 Å². The van der Waals surface area contributed by atoms with Gasteiger partial charge < -0.3 is 19.5 Å². The van der Waals surface area contributed by atoms with Gasteiger partial charge in [0.25, 0.3) is 5.91 Å². The van der Waals surface area contributed by atoms with Gasteiger partial charge >= 0.3 is 11.7 Å². The van der Waals surface area contributed by atoms with E-state index in [4.69, 9.17) is 14.2 Å². The molecular weight excluding hydrogens is 387 g/mol. The van der Waals surface area contributed by atoms with Gasteiger partial charge in [-0.1, -0.05) is 0 Å². The summed E-state index contributed by atoms with van der Waals surface area (Å²) < 4.78 is 29.0. The summed E-state index contributed by atoms with van der Waals surface area (Å²) in [4.78, 5) is 34.4. The number of nitrogens with zero attached hydrogens (tertiary/aromatic N) is 1. The Balaban J connectivity index is 2.07. The number of carbonyl (C=O) groups is 2. The molecule has 0 saturated heterocycles. The topological polar surface area (TPSA) is 117 Å². The first-order valence-electron chi connectivity index (χ1n) is 8.53. The van der Waals surface area contributed by atoms with Crippen molar-refractivity contribution in [3.05, 3.63) is 57.9 Å². The number of halogens is 1. The highest BCUT2D eigenvalue weighted by Crippen LogP contribution is 2.28. The van der Waals surface area contributed by atoms with Crippen LogP contribution >= 0.6 is 0 Å². The molecule has 1 amide bonds. The van der Waals surface area contributed by atoms with E-state index in [9.17, 15) is 24.1 Å². The number of methoxy groups -OCH3 is 1. The summed E-state index contributed by atoms with van der Waals surface area (Å²) in [5.74, 6) is -1.76. The lowest BCUT2D eigenvalue weighted by Crippen LogP contribution is -2.30. The first kappa shape index (κ1) is 21.6. The summed E-state index contributed by atoms with van der Waals surface area (Å²) in [5, 5.41) is 13.1. The lowest BCUT2D eigenvalue weighted by atomic mass is 10.2. The van der Waals surface area contributed by atoms with Gasteiger partial charge in [0, 0.05) is 11.8 Å². The second kappa shape index (κ2) is 9.49. The molecule has 29 heavy (non-hydrogen) atoms. The van der Waals surface area contributed by atoms with Crippen molar-refractivity contribution in [2.75, 3.05) is 19.0 Å². The first-order chi connectivity index (χ1) is 13.8. The molecule has 0 fully saturated rings. The summed E-state index contributed by atoms with van der Waals surface area (Å²) in [5.41, 5.74) is -0.644.